The second-order valence-corrected chi connectivity index (χ2v) is 9.18. The number of tetrazole rings is 1. The number of para-hydroxylation sites is 1. The van der Waals surface area contributed by atoms with Gasteiger partial charge in [0.2, 0.25) is 0 Å². The summed E-state index contributed by atoms with van der Waals surface area (Å²) in [6.07, 6.45) is 2.94. The van der Waals surface area contributed by atoms with Crippen molar-refractivity contribution < 1.29 is 14.2 Å². The average molecular weight is 489 g/mol. The summed E-state index contributed by atoms with van der Waals surface area (Å²) in [7, 11) is 3.17. The van der Waals surface area contributed by atoms with Crippen LogP contribution in [-0.4, -0.2) is 58.7 Å². The van der Waals surface area contributed by atoms with E-state index in [1.807, 2.05) is 24.3 Å². The van der Waals surface area contributed by atoms with Gasteiger partial charge in [-0.2, -0.15) is 0 Å². The SMILES string of the molecule is COc1cc2cc([C@H](c3nnnn3C[C@H]3CCCO3)N3CCc4ccccc43)c(=O)[nH]c2cc1OC. The van der Waals surface area contributed by atoms with Crippen molar-refractivity contribution in [3.63, 3.8) is 0 Å². The van der Waals surface area contributed by atoms with Crippen molar-refractivity contribution in [2.75, 3.05) is 32.3 Å². The summed E-state index contributed by atoms with van der Waals surface area (Å²) in [5, 5.41) is 13.6. The first-order chi connectivity index (χ1) is 17.7. The van der Waals surface area contributed by atoms with Crippen LogP contribution in [0, 0.1) is 0 Å². The summed E-state index contributed by atoms with van der Waals surface area (Å²) in [5.41, 5.74) is 3.36. The summed E-state index contributed by atoms with van der Waals surface area (Å²) >= 11 is 0. The van der Waals surface area contributed by atoms with Gasteiger partial charge in [0.1, 0.15) is 6.04 Å². The number of methoxy groups -OCH3 is 2. The van der Waals surface area contributed by atoms with Crippen LogP contribution >= 0.6 is 0 Å². The predicted molar refractivity (Wildman–Crippen MR) is 134 cm³/mol. The van der Waals surface area contributed by atoms with E-state index in [1.54, 1.807) is 25.0 Å². The molecule has 0 saturated carbocycles. The fraction of sp³-hybridized carbons (Fsp3) is 0.385. The van der Waals surface area contributed by atoms with Crippen molar-refractivity contribution in [1.82, 2.24) is 25.2 Å². The molecule has 186 valence electrons. The molecule has 0 spiro atoms. The first kappa shape index (κ1) is 22.5. The minimum absolute atomic E-state index is 0.0605. The topological polar surface area (TPSA) is 107 Å². The van der Waals surface area contributed by atoms with Crippen molar-refractivity contribution >= 4 is 16.6 Å². The van der Waals surface area contributed by atoms with Crippen LogP contribution in [0.1, 0.15) is 35.8 Å². The van der Waals surface area contributed by atoms with Gasteiger partial charge in [-0.1, -0.05) is 18.2 Å². The highest BCUT2D eigenvalue weighted by Crippen LogP contribution is 2.38. The number of rotatable bonds is 7. The maximum Gasteiger partial charge on any atom is 0.254 e. The van der Waals surface area contributed by atoms with E-state index in [0.29, 0.717) is 34.9 Å². The molecule has 0 amide bonds. The maximum atomic E-state index is 13.6. The van der Waals surface area contributed by atoms with E-state index < -0.39 is 6.04 Å². The lowest BCUT2D eigenvalue weighted by Gasteiger charge is -2.29. The van der Waals surface area contributed by atoms with Gasteiger partial charge in [-0.15, -0.1) is 5.10 Å². The number of hydrogen-bond donors (Lipinski definition) is 1. The van der Waals surface area contributed by atoms with E-state index in [1.165, 1.54) is 5.56 Å². The van der Waals surface area contributed by atoms with Crippen molar-refractivity contribution in [1.29, 1.82) is 0 Å². The zero-order chi connectivity index (χ0) is 24.6. The first-order valence-corrected chi connectivity index (χ1v) is 12.2. The maximum absolute atomic E-state index is 13.6. The molecule has 1 saturated heterocycles. The monoisotopic (exact) mass is 488 g/mol. The average Bonchev–Trinajstić information content (AvgIpc) is 3.67. The van der Waals surface area contributed by atoms with Gasteiger partial charge in [0.05, 0.1) is 32.4 Å². The van der Waals surface area contributed by atoms with Gasteiger partial charge in [-0.3, -0.25) is 4.79 Å². The lowest BCUT2D eigenvalue weighted by Crippen LogP contribution is -2.35. The third kappa shape index (κ3) is 3.87. The minimum Gasteiger partial charge on any atom is -0.493 e. The number of aromatic amines is 1. The molecule has 0 unspecified atom stereocenters. The molecule has 1 fully saturated rings. The second-order valence-electron chi connectivity index (χ2n) is 9.18. The van der Waals surface area contributed by atoms with E-state index >= 15 is 0 Å². The van der Waals surface area contributed by atoms with E-state index in [4.69, 9.17) is 14.2 Å². The molecule has 10 nitrogen and oxygen atoms in total. The van der Waals surface area contributed by atoms with Crippen LogP contribution in [-0.2, 0) is 17.7 Å². The largest absolute Gasteiger partial charge is 0.493 e. The fourth-order valence-corrected chi connectivity index (χ4v) is 5.35. The Balaban J connectivity index is 1.51. The van der Waals surface area contributed by atoms with Gasteiger partial charge in [0, 0.05) is 35.9 Å². The van der Waals surface area contributed by atoms with Crippen molar-refractivity contribution in [2.45, 2.75) is 38.0 Å². The van der Waals surface area contributed by atoms with E-state index in [0.717, 1.165) is 43.5 Å². The van der Waals surface area contributed by atoms with Gasteiger partial charge < -0.3 is 24.1 Å². The Kier molecular flexibility index (Phi) is 5.80. The van der Waals surface area contributed by atoms with Gasteiger partial charge >= 0.3 is 0 Å². The number of H-pyrrole nitrogens is 1. The quantitative estimate of drug-likeness (QED) is 0.423. The zero-order valence-electron chi connectivity index (χ0n) is 20.3. The van der Waals surface area contributed by atoms with Crippen molar-refractivity contribution in [3.05, 3.63) is 69.8 Å². The number of anilines is 1. The Morgan fingerprint density at radius 1 is 1.17 bits per heavy atom. The summed E-state index contributed by atoms with van der Waals surface area (Å²) in [4.78, 5) is 18.9. The summed E-state index contributed by atoms with van der Waals surface area (Å²) in [6.45, 7) is 2.05. The smallest absolute Gasteiger partial charge is 0.254 e. The molecule has 36 heavy (non-hydrogen) atoms. The first-order valence-electron chi connectivity index (χ1n) is 12.2. The number of ether oxygens (including phenoxy) is 3. The molecule has 4 aromatic rings. The van der Waals surface area contributed by atoms with Gasteiger partial charge in [0.15, 0.2) is 17.3 Å². The molecule has 1 N–H and O–H groups in total. The van der Waals surface area contributed by atoms with Gasteiger partial charge in [-0.25, -0.2) is 4.68 Å². The van der Waals surface area contributed by atoms with Crippen LogP contribution < -0.4 is 19.9 Å². The van der Waals surface area contributed by atoms with Gasteiger partial charge in [-0.05, 0) is 53.5 Å². The molecule has 6 rings (SSSR count). The van der Waals surface area contributed by atoms with Crippen LogP contribution in [0.15, 0.2) is 47.3 Å². The van der Waals surface area contributed by atoms with Crippen molar-refractivity contribution in [2.24, 2.45) is 0 Å². The molecule has 4 heterocycles. The molecule has 0 radical (unpaired) electrons. The highest BCUT2D eigenvalue weighted by atomic mass is 16.5. The standard InChI is InChI=1S/C26H28N6O4/c1-34-22-13-17-12-19(26(33)27-20(17)14-23(22)35-2)24(31-10-9-16-6-3-4-8-21(16)31)25-28-29-30-32(25)15-18-7-5-11-36-18/h3-4,6,8,12-14,18,24H,5,7,9-11,15H2,1-2H3,(H,27,33)/t18-,24-/m1/s1. The Morgan fingerprint density at radius 3 is 2.81 bits per heavy atom. The summed E-state index contributed by atoms with van der Waals surface area (Å²) in [6, 6.07) is 13.4. The molecule has 2 aromatic carbocycles. The number of benzene rings is 2. The van der Waals surface area contributed by atoms with Gasteiger partial charge in [0.25, 0.3) is 5.56 Å². The molecular weight excluding hydrogens is 460 g/mol. The van der Waals surface area contributed by atoms with E-state index in [-0.39, 0.29) is 11.7 Å². The van der Waals surface area contributed by atoms with Crippen LogP contribution in [0.25, 0.3) is 10.9 Å². The number of nitrogens with zero attached hydrogens (tertiary/aromatic N) is 5. The number of pyridine rings is 1. The second kappa shape index (κ2) is 9.27. The highest BCUT2D eigenvalue weighted by molar-refractivity contribution is 5.83. The van der Waals surface area contributed by atoms with Crippen LogP contribution in [0.2, 0.25) is 0 Å². The Bertz CT molecular complexity index is 1460. The third-order valence-electron chi connectivity index (χ3n) is 7.11. The summed E-state index contributed by atoms with van der Waals surface area (Å²) < 4.78 is 18.6. The Morgan fingerprint density at radius 2 is 2.00 bits per heavy atom. The predicted octanol–water partition coefficient (Wildman–Crippen LogP) is 2.86. The number of hydrogen-bond acceptors (Lipinski definition) is 8. The molecule has 2 aliphatic rings. The van der Waals surface area contributed by atoms with Crippen molar-refractivity contribution in [3.8, 4) is 11.5 Å². The highest BCUT2D eigenvalue weighted by Gasteiger charge is 2.35. The lowest BCUT2D eigenvalue weighted by atomic mass is 10.0. The molecule has 10 heteroatoms. The van der Waals surface area contributed by atoms with E-state index in [9.17, 15) is 4.79 Å². The number of nitrogens with one attached hydrogen (secondary N) is 1. The zero-order valence-corrected chi connectivity index (χ0v) is 20.3. The normalized spacial score (nSPS) is 17.9. The molecular formula is C26H28N6O4. The Labute approximate surface area is 207 Å². The molecule has 0 bridgehead atoms. The lowest BCUT2D eigenvalue weighted by molar-refractivity contribution is 0.0924. The summed E-state index contributed by atoms with van der Waals surface area (Å²) in [5.74, 6) is 1.76. The molecule has 2 aliphatic heterocycles. The minimum atomic E-state index is -0.480. The number of fused-ring (bicyclic) bond motifs is 2. The Hall–Kier alpha value is -3.92. The molecule has 0 aliphatic carbocycles. The van der Waals surface area contributed by atoms with Crippen LogP contribution in [0.4, 0.5) is 5.69 Å². The van der Waals surface area contributed by atoms with E-state index in [2.05, 4.69) is 37.5 Å². The fourth-order valence-electron chi connectivity index (χ4n) is 5.35. The van der Waals surface area contributed by atoms with Crippen LogP contribution in [0.5, 0.6) is 11.5 Å². The molecule has 2 atom stereocenters. The molecule has 2 aromatic heterocycles. The number of aromatic nitrogens is 5. The van der Waals surface area contributed by atoms with Crippen LogP contribution in [0.3, 0.4) is 0 Å². The third-order valence-corrected chi connectivity index (χ3v) is 7.11.